The highest BCUT2D eigenvalue weighted by molar-refractivity contribution is 7.09. The van der Waals surface area contributed by atoms with Gasteiger partial charge in [0.2, 0.25) is 0 Å². The van der Waals surface area contributed by atoms with Gasteiger partial charge >= 0.3 is 0 Å². The molecule has 0 unspecified atom stereocenters. The molecule has 1 heterocycles. The first kappa shape index (κ1) is 13.5. The van der Waals surface area contributed by atoms with Crippen molar-refractivity contribution in [2.75, 3.05) is 11.4 Å². The Morgan fingerprint density at radius 1 is 1.26 bits per heavy atom. The van der Waals surface area contributed by atoms with Crippen LogP contribution in [0.1, 0.15) is 17.4 Å². The van der Waals surface area contributed by atoms with Gasteiger partial charge in [0.05, 0.1) is 17.8 Å². The molecule has 2 rings (SSSR count). The van der Waals surface area contributed by atoms with Crippen molar-refractivity contribution in [3.8, 4) is 6.07 Å². The number of anilines is 1. The Hall–Kier alpha value is -1.93. The molecule has 0 aliphatic rings. The minimum Gasteiger partial charge on any atom is -0.364 e. The number of hydrogen-bond acceptors (Lipinski definition) is 3. The van der Waals surface area contributed by atoms with Gasteiger partial charge in [-0.15, -0.1) is 11.3 Å². The van der Waals surface area contributed by atoms with Gasteiger partial charge < -0.3 is 4.90 Å². The fourth-order valence-corrected chi connectivity index (χ4v) is 2.55. The Balaban J connectivity index is 2.34. The Morgan fingerprint density at radius 2 is 2.05 bits per heavy atom. The zero-order valence-electron chi connectivity index (χ0n) is 10.4. The van der Waals surface area contributed by atoms with Gasteiger partial charge in [-0.2, -0.15) is 5.26 Å². The molecule has 0 atom stereocenters. The standard InChI is InChI=1S/C14H12F2N2S/c1-2-18(9-11-4-3-7-19-11)12-6-5-10(8-17)13(15)14(12)16/h3-7H,2,9H2,1H3. The molecule has 2 nitrogen and oxygen atoms in total. The number of thiophene rings is 1. The number of hydrogen-bond donors (Lipinski definition) is 0. The fraction of sp³-hybridized carbons (Fsp3) is 0.214. The lowest BCUT2D eigenvalue weighted by molar-refractivity contribution is 0.504. The van der Waals surface area contributed by atoms with E-state index < -0.39 is 11.6 Å². The summed E-state index contributed by atoms with van der Waals surface area (Å²) in [5.41, 5.74) is -0.0826. The summed E-state index contributed by atoms with van der Waals surface area (Å²) in [6.07, 6.45) is 0. The number of nitrogens with zero attached hydrogens (tertiary/aromatic N) is 2. The van der Waals surface area contributed by atoms with Crippen LogP contribution in [-0.4, -0.2) is 6.54 Å². The maximum Gasteiger partial charge on any atom is 0.183 e. The van der Waals surface area contributed by atoms with Crippen molar-refractivity contribution in [3.63, 3.8) is 0 Å². The number of nitriles is 1. The van der Waals surface area contributed by atoms with Gasteiger partial charge in [-0.1, -0.05) is 6.07 Å². The molecular formula is C14H12F2N2S. The monoisotopic (exact) mass is 278 g/mol. The molecule has 5 heteroatoms. The summed E-state index contributed by atoms with van der Waals surface area (Å²) in [5, 5.41) is 10.6. The van der Waals surface area contributed by atoms with Crippen molar-refractivity contribution in [1.82, 2.24) is 0 Å². The minimum absolute atomic E-state index is 0.187. The first-order valence-electron chi connectivity index (χ1n) is 5.82. The summed E-state index contributed by atoms with van der Waals surface area (Å²) in [5.74, 6) is -2.04. The predicted octanol–water partition coefficient (Wildman–Crippen LogP) is 3.92. The molecule has 0 saturated heterocycles. The average Bonchev–Trinajstić information content (AvgIpc) is 2.92. The van der Waals surface area contributed by atoms with Crippen molar-refractivity contribution < 1.29 is 8.78 Å². The molecule has 0 radical (unpaired) electrons. The van der Waals surface area contributed by atoms with Crippen LogP contribution >= 0.6 is 11.3 Å². The SMILES string of the molecule is CCN(Cc1cccs1)c1ccc(C#N)c(F)c1F. The third kappa shape index (κ3) is 2.74. The van der Waals surface area contributed by atoms with Crippen LogP contribution in [0.4, 0.5) is 14.5 Å². The van der Waals surface area contributed by atoms with Crippen molar-refractivity contribution in [1.29, 1.82) is 5.26 Å². The second kappa shape index (κ2) is 5.81. The highest BCUT2D eigenvalue weighted by atomic mass is 32.1. The predicted molar refractivity (Wildman–Crippen MR) is 72.1 cm³/mol. The van der Waals surface area contributed by atoms with E-state index in [1.54, 1.807) is 22.3 Å². The molecule has 0 amide bonds. The topological polar surface area (TPSA) is 27.0 Å². The molecule has 1 aromatic heterocycles. The van der Waals surface area contributed by atoms with Crippen LogP contribution in [-0.2, 0) is 6.54 Å². The Morgan fingerprint density at radius 3 is 2.63 bits per heavy atom. The zero-order chi connectivity index (χ0) is 13.8. The number of benzene rings is 1. The molecule has 1 aromatic carbocycles. The van der Waals surface area contributed by atoms with Crippen LogP contribution in [0.3, 0.4) is 0 Å². The molecule has 0 bridgehead atoms. The third-order valence-electron chi connectivity index (χ3n) is 2.83. The Labute approximate surface area is 114 Å². The van der Waals surface area contributed by atoms with E-state index in [-0.39, 0.29) is 11.3 Å². The minimum atomic E-state index is -1.08. The second-order valence-corrected chi connectivity index (χ2v) is 5.00. The van der Waals surface area contributed by atoms with Crippen molar-refractivity contribution in [2.45, 2.75) is 13.5 Å². The molecule has 2 aromatic rings. The van der Waals surface area contributed by atoms with Gasteiger partial charge in [0.1, 0.15) is 6.07 Å². The third-order valence-corrected chi connectivity index (χ3v) is 3.69. The van der Waals surface area contributed by atoms with E-state index >= 15 is 0 Å². The maximum absolute atomic E-state index is 14.0. The molecule has 98 valence electrons. The van der Waals surface area contributed by atoms with Gasteiger partial charge in [0, 0.05) is 11.4 Å². The van der Waals surface area contributed by atoms with E-state index in [4.69, 9.17) is 5.26 Å². The lowest BCUT2D eigenvalue weighted by Gasteiger charge is -2.23. The van der Waals surface area contributed by atoms with Crippen LogP contribution in [0.2, 0.25) is 0 Å². The average molecular weight is 278 g/mol. The molecule has 0 aliphatic carbocycles. The summed E-state index contributed by atoms with van der Waals surface area (Å²) in [6, 6.07) is 8.27. The van der Waals surface area contributed by atoms with E-state index in [0.29, 0.717) is 13.1 Å². The quantitative estimate of drug-likeness (QED) is 0.847. The molecular weight excluding hydrogens is 266 g/mol. The molecule has 0 aliphatic heterocycles. The van der Waals surface area contributed by atoms with Gasteiger partial charge in [-0.25, -0.2) is 8.78 Å². The van der Waals surface area contributed by atoms with Gasteiger partial charge in [0.15, 0.2) is 11.6 Å². The number of halogens is 2. The van der Waals surface area contributed by atoms with Crippen molar-refractivity contribution >= 4 is 17.0 Å². The van der Waals surface area contributed by atoms with Gasteiger partial charge in [0.25, 0.3) is 0 Å². The van der Waals surface area contributed by atoms with Crippen LogP contribution in [0, 0.1) is 23.0 Å². The molecule has 0 saturated carbocycles. The van der Waals surface area contributed by atoms with Gasteiger partial charge in [-0.05, 0) is 30.5 Å². The van der Waals surface area contributed by atoms with E-state index in [2.05, 4.69) is 0 Å². The zero-order valence-corrected chi connectivity index (χ0v) is 11.2. The first-order chi connectivity index (χ1) is 9.17. The van der Waals surface area contributed by atoms with Gasteiger partial charge in [-0.3, -0.25) is 0 Å². The fourth-order valence-electron chi connectivity index (χ4n) is 1.83. The lowest BCUT2D eigenvalue weighted by Crippen LogP contribution is -2.23. The van der Waals surface area contributed by atoms with Crippen LogP contribution in [0.25, 0.3) is 0 Å². The molecule has 0 spiro atoms. The Kier molecular flexibility index (Phi) is 4.13. The van der Waals surface area contributed by atoms with E-state index in [0.717, 1.165) is 4.88 Å². The summed E-state index contributed by atoms with van der Waals surface area (Å²) in [6.45, 7) is 2.96. The van der Waals surface area contributed by atoms with Crippen LogP contribution < -0.4 is 4.90 Å². The molecule has 0 fully saturated rings. The van der Waals surface area contributed by atoms with Crippen molar-refractivity contribution in [2.24, 2.45) is 0 Å². The summed E-state index contributed by atoms with van der Waals surface area (Å²) < 4.78 is 27.6. The second-order valence-electron chi connectivity index (χ2n) is 3.97. The maximum atomic E-state index is 14.0. The van der Waals surface area contributed by atoms with E-state index in [1.807, 2.05) is 24.4 Å². The normalized spacial score (nSPS) is 10.2. The van der Waals surface area contributed by atoms with Crippen molar-refractivity contribution in [3.05, 3.63) is 51.7 Å². The lowest BCUT2D eigenvalue weighted by atomic mass is 10.1. The summed E-state index contributed by atoms with van der Waals surface area (Å²) >= 11 is 1.57. The highest BCUT2D eigenvalue weighted by Gasteiger charge is 2.17. The molecule has 19 heavy (non-hydrogen) atoms. The summed E-state index contributed by atoms with van der Waals surface area (Å²) in [4.78, 5) is 2.82. The molecule has 0 N–H and O–H groups in total. The number of rotatable bonds is 4. The van der Waals surface area contributed by atoms with Crippen LogP contribution in [0.5, 0.6) is 0 Å². The Bertz CT molecular complexity index is 603. The smallest absolute Gasteiger partial charge is 0.183 e. The first-order valence-corrected chi connectivity index (χ1v) is 6.70. The largest absolute Gasteiger partial charge is 0.364 e. The highest BCUT2D eigenvalue weighted by Crippen LogP contribution is 2.26. The summed E-state index contributed by atoms with van der Waals surface area (Å²) in [7, 11) is 0. The van der Waals surface area contributed by atoms with Crippen LogP contribution in [0.15, 0.2) is 29.6 Å². The van der Waals surface area contributed by atoms with E-state index in [9.17, 15) is 8.78 Å². The van der Waals surface area contributed by atoms with E-state index in [1.165, 1.54) is 12.1 Å².